The largest absolute Gasteiger partial charge is 0.383 e. The van der Waals surface area contributed by atoms with Crippen molar-refractivity contribution < 1.29 is 18.7 Å². The summed E-state index contributed by atoms with van der Waals surface area (Å²) >= 11 is 0. The standard InChI is InChI=1S/C16H19FN4O3/c1-24-9-8-18-15(22)6-7-19-16(23)14-10-21(11-20-14)13-4-2-12(17)3-5-13/h2-5,10-11H,6-9H2,1H3,(H,18,22)(H,19,23). The maximum atomic E-state index is 12.9. The van der Waals surface area contributed by atoms with E-state index in [1.807, 2.05) is 0 Å². The number of benzene rings is 1. The van der Waals surface area contributed by atoms with Gasteiger partial charge in [-0.15, -0.1) is 0 Å². The van der Waals surface area contributed by atoms with Crippen molar-refractivity contribution in [2.24, 2.45) is 0 Å². The minimum Gasteiger partial charge on any atom is -0.383 e. The average Bonchev–Trinajstić information content (AvgIpc) is 3.06. The lowest BCUT2D eigenvalue weighted by atomic mass is 10.3. The Hall–Kier alpha value is -2.74. The van der Waals surface area contributed by atoms with Crippen LogP contribution in [-0.2, 0) is 9.53 Å². The number of amides is 2. The summed E-state index contributed by atoms with van der Waals surface area (Å²) in [5.41, 5.74) is 0.916. The van der Waals surface area contributed by atoms with E-state index in [4.69, 9.17) is 4.74 Å². The molecule has 1 aromatic heterocycles. The second-order valence-electron chi connectivity index (χ2n) is 4.99. The SMILES string of the molecule is COCCNC(=O)CCNC(=O)c1cn(-c2ccc(F)cc2)cn1. The molecule has 24 heavy (non-hydrogen) atoms. The van der Waals surface area contributed by atoms with E-state index < -0.39 is 0 Å². The van der Waals surface area contributed by atoms with Gasteiger partial charge in [0.2, 0.25) is 5.91 Å². The molecular formula is C16H19FN4O3. The highest BCUT2D eigenvalue weighted by Gasteiger charge is 2.10. The highest BCUT2D eigenvalue weighted by Crippen LogP contribution is 2.09. The van der Waals surface area contributed by atoms with Crippen LogP contribution in [0.3, 0.4) is 0 Å². The molecule has 7 nitrogen and oxygen atoms in total. The molecule has 2 aromatic rings. The number of nitrogens with zero attached hydrogens (tertiary/aromatic N) is 2. The predicted octanol–water partition coefficient (Wildman–Crippen LogP) is 0.894. The number of ether oxygens (including phenoxy) is 1. The van der Waals surface area contributed by atoms with Crippen molar-refractivity contribution in [2.45, 2.75) is 6.42 Å². The number of carbonyl (C=O) groups is 2. The number of hydrogen-bond acceptors (Lipinski definition) is 4. The van der Waals surface area contributed by atoms with Crippen molar-refractivity contribution in [3.05, 3.63) is 48.3 Å². The second kappa shape index (κ2) is 8.78. The van der Waals surface area contributed by atoms with Crippen LogP contribution >= 0.6 is 0 Å². The molecular weight excluding hydrogens is 315 g/mol. The van der Waals surface area contributed by atoms with Crippen LogP contribution in [0.4, 0.5) is 4.39 Å². The van der Waals surface area contributed by atoms with Gasteiger partial charge in [0.15, 0.2) is 0 Å². The quantitative estimate of drug-likeness (QED) is 0.702. The first kappa shape index (κ1) is 17.6. The third-order valence-electron chi connectivity index (χ3n) is 3.21. The van der Waals surface area contributed by atoms with Crippen LogP contribution < -0.4 is 10.6 Å². The molecule has 0 aliphatic carbocycles. The molecule has 0 radical (unpaired) electrons. The van der Waals surface area contributed by atoms with Crippen molar-refractivity contribution in [2.75, 3.05) is 26.8 Å². The van der Waals surface area contributed by atoms with Crippen LogP contribution in [0.1, 0.15) is 16.9 Å². The lowest BCUT2D eigenvalue weighted by Crippen LogP contribution is -2.32. The van der Waals surface area contributed by atoms with Gasteiger partial charge in [-0.25, -0.2) is 9.37 Å². The lowest BCUT2D eigenvalue weighted by Gasteiger charge is -2.05. The second-order valence-corrected chi connectivity index (χ2v) is 4.99. The van der Waals surface area contributed by atoms with Gasteiger partial charge in [-0.3, -0.25) is 9.59 Å². The number of aromatic nitrogens is 2. The molecule has 8 heteroatoms. The van der Waals surface area contributed by atoms with Gasteiger partial charge < -0.3 is 19.9 Å². The molecule has 0 atom stereocenters. The summed E-state index contributed by atoms with van der Waals surface area (Å²) in [7, 11) is 1.55. The van der Waals surface area contributed by atoms with E-state index in [1.54, 1.807) is 30.0 Å². The Kier molecular flexibility index (Phi) is 6.44. The van der Waals surface area contributed by atoms with Gasteiger partial charge in [0.25, 0.3) is 5.91 Å². The summed E-state index contributed by atoms with van der Waals surface area (Å²) in [6.45, 7) is 1.09. The smallest absolute Gasteiger partial charge is 0.271 e. The summed E-state index contributed by atoms with van der Waals surface area (Å²) in [6, 6.07) is 5.83. The first-order valence-electron chi connectivity index (χ1n) is 7.44. The van der Waals surface area contributed by atoms with E-state index >= 15 is 0 Å². The third-order valence-corrected chi connectivity index (χ3v) is 3.21. The minimum absolute atomic E-state index is 0.163. The van der Waals surface area contributed by atoms with Crippen LogP contribution in [-0.4, -0.2) is 48.2 Å². The van der Waals surface area contributed by atoms with E-state index in [-0.39, 0.29) is 36.3 Å². The minimum atomic E-state index is -0.374. The maximum Gasteiger partial charge on any atom is 0.271 e. The first-order chi connectivity index (χ1) is 11.6. The van der Waals surface area contributed by atoms with Gasteiger partial charge in [0.1, 0.15) is 17.8 Å². The highest BCUT2D eigenvalue weighted by molar-refractivity contribution is 5.92. The van der Waals surface area contributed by atoms with Crippen molar-refractivity contribution in [3.63, 3.8) is 0 Å². The van der Waals surface area contributed by atoms with Crippen LogP contribution in [0, 0.1) is 5.82 Å². The summed E-state index contributed by atoms with van der Waals surface area (Å²) in [6.07, 6.45) is 3.19. The Bertz CT molecular complexity index is 685. The molecule has 0 spiro atoms. The number of halogens is 1. The maximum absolute atomic E-state index is 12.9. The number of carbonyl (C=O) groups excluding carboxylic acids is 2. The molecule has 2 rings (SSSR count). The van der Waals surface area contributed by atoms with Gasteiger partial charge in [0, 0.05) is 38.5 Å². The molecule has 0 unspecified atom stereocenters. The number of imidazole rings is 1. The van der Waals surface area contributed by atoms with Crippen molar-refractivity contribution in [1.82, 2.24) is 20.2 Å². The summed E-state index contributed by atoms with van der Waals surface area (Å²) in [4.78, 5) is 27.5. The van der Waals surface area contributed by atoms with Crippen LogP contribution in [0.2, 0.25) is 0 Å². The van der Waals surface area contributed by atoms with Gasteiger partial charge >= 0.3 is 0 Å². The zero-order valence-corrected chi connectivity index (χ0v) is 13.3. The number of hydrogen-bond donors (Lipinski definition) is 2. The van der Waals surface area contributed by atoms with Crippen molar-refractivity contribution >= 4 is 11.8 Å². The molecule has 2 amide bonds. The normalized spacial score (nSPS) is 10.4. The molecule has 0 saturated carbocycles. The summed E-state index contributed by atoms with van der Waals surface area (Å²) in [5, 5.41) is 5.29. The fourth-order valence-corrected chi connectivity index (χ4v) is 1.96. The molecule has 0 saturated heterocycles. The Morgan fingerprint density at radius 1 is 1.21 bits per heavy atom. The monoisotopic (exact) mass is 334 g/mol. The Morgan fingerprint density at radius 3 is 2.67 bits per heavy atom. The molecule has 0 fully saturated rings. The fraction of sp³-hybridized carbons (Fsp3) is 0.312. The van der Waals surface area contributed by atoms with Crippen molar-refractivity contribution in [3.8, 4) is 5.69 Å². The van der Waals surface area contributed by atoms with Gasteiger partial charge in [0.05, 0.1) is 6.61 Å². The number of rotatable bonds is 8. The molecule has 128 valence electrons. The van der Waals surface area contributed by atoms with Gasteiger partial charge in [-0.05, 0) is 24.3 Å². The lowest BCUT2D eigenvalue weighted by molar-refractivity contribution is -0.121. The van der Waals surface area contributed by atoms with E-state index in [2.05, 4.69) is 15.6 Å². The van der Waals surface area contributed by atoms with E-state index in [0.717, 1.165) is 0 Å². The van der Waals surface area contributed by atoms with Crippen LogP contribution in [0.15, 0.2) is 36.8 Å². The molecule has 2 N–H and O–H groups in total. The van der Waals surface area contributed by atoms with Gasteiger partial charge in [-0.2, -0.15) is 0 Å². The topological polar surface area (TPSA) is 85.3 Å². The molecule has 1 heterocycles. The molecule has 0 aliphatic rings. The molecule has 0 bridgehead atoms. The van der Waals surface area contributed by atoms with E-state index in [9.17, 15) is 14.0 Å². The number of methoxy groups -OCH3 is 1. The van der Waals surface area contributed by atoms with Gasteiger partial charge in [-0.1, -0.05) is 0 Å². The zero-order valence-electron chi connectivity index (χ0n) is 13.3. The third kappa shape index (κ3) is 5.17. The Labute approximate surface area is 138 Å². The van der Waals surface area contributed by atoms with E-state index in [0.29, 0.717) is 18.8 Å². The Balaban J connectivity index is 1.81. The average molecular weight is 334 g/mol. The highest BCUT2D eigenvalue weighted by atomic mass is 19.1. The molecule has 0 aliphatic heterocycles. The van der Waals surface area contributed by atoms with E-state index in [1.165, 1.54) is 18.5 Å². The Morgan fingerprint density at radius 2 is 1.96 bits per heavy atom. The fourth-order valence-electron chi connectivity index (χ4n) is 1.96. The summed E-state index contributed by atoms with van der Waals surface area (Å²) < 4.78 is 19.3. The predicted molar refractivity (Wildman–Crippen MR) is 85.4 cm³/mol. The van der Waals surface area contributed by atoms with Crippen molar-refractivity contribution in [1.29, 1.82) is 0 Å². The number of nitrogens with one attached hydrogen (secondary N) is 2. The molecule has 1 aromatic carbocycles. The summed E-state index contributed by atoms with van der Waals surface area (Å²) in [5.74, 6) is -0.870. The van der Waals surface area contributed by atoms with Crippen LogP contribution in [0.25, 0.3) is 5.69 Å². The van der Waals surface area contributed by atoms with Crippen LogP contribution in [0.5, 0.6) is 0 Å². The zero-order chi connectivity index (χ0) is 17.4. The first-order valence-corrected chi connectivity index (χ1v) is 7.44.